The van der Waals surface area contributed by atoms with E-state index in [-0.39, 0.29) is 5.41 Å². The van der Waals surface area contributed by atoms with Gasteiger partial charge in [0.25, 0.3) is 0 Å². The van der Waals surface area contributed by atoms with Crippen LogP contribution in [0.4, 0.5) is 0 Å². The summed E-state index contributed by atoms with van der Waals surface area (Å²) in [5.74, 6) is 1.88. The van der Waals surface area contributed by atoms with Gasteiger partial charge in [-0.15, -0.1) is 0 Å². The third-order valence-electron chi connectivity index (χ3n) is 4.91. The van der Waals surface area contributed by atoms with Gasteiger partial charge in [-0.25, -0.2) is 0 Å². The Morgan fingerprint density at radius 1 is 1.25 bits per heavy atom. The van der Waals surface area contributed by atoms with E-state index in [1.807, 2.05) is 12.1 Å². The van der Waals surface area contributed by atoms with Crippen molar-refractivity contribution in [1.29, 1.82) is 0 Å². The highest BCUT2D eigenvalue weighted by atomic mass is 16.5. The zero-order valence-electron chi connectivity index (χ0n) is 12.6. The van der Waals surface area contributed by atoms with Crippen molar-refractivity contribution in [2.24, 2.45) is 0 Å². The molecule has 0 aromatic heterocycles. The lowest BCUT2D eigenvalue weighted by atomic mass is 9.66. The number of methoxy groups -OCH3 is 2. The Labute approximate surface area is 121 Å². The van der Waals surface area contributed by atoms with Crippen LogP contribution in [0.15, 0.2) is 30.5 Å². The Morgan fingerprint density at radius 3 is 2.85 bits per heavy atom. The van der Waals surface area contributed by atoms with E-state index in [1.165, 1.54) is 31.2 Å². The molecule has 0 amide bonds. The molecule has 108 valence electrons. The minimum atomic E-state index is 0.106. The van der Waals surface area contributed by atoms with E-state index in [9.17, 15) is 0 Å². The van der Waals surface area contributed by atoms with Crippen LogP contribution in [-0.2, 0) is 5.41 Å². The molecule has 2 aliphatic rings. The molecule has 1 heterocycles. The summed E-state index contributed by atoms with van der Waals surface area (Å²) in [7, 11) is 5.65. The van der Waals surface area contributed by atoms with Crippen molar-refractivity contribution in [3.63, 3.8) is 0 Å². The highest BCUT2D eigenvalue weighted by Crippen LogP contribution is 2.48. The van der Waals surface area contributed by atoms with Gasteiger partial charge >= 0.3 is 0 Å². The normalized spacial score (nSPS) is 28.4. The van der Waals surface area contributed by atoms with Crippen molar-refractivity contribution >= 4 is 0 Å². The van der Waals surface area contributed by atoms with E-state index in [1.54, 1.807) is 14.2 Å². The molecule has 3 nitrogen and oxygen atoms in total. The lowest BCUT2D eigenvalue weighted by molar-refractivity contribution is 0.176. The van der Waals surface area contributed by atoms with E-state index < -0.39 is 0 Å². The summed E-state index contributed by atoms with van der Waals surface area (Å²) < 4.78 is 11.0. The molecule has 1 saturated carbocycles. The second-order valence-corrected chi connectivity index (χ2v) is 5.95. The molecule has 2 atom stereocenters. The topological polar surface area (TPSA) is 21.7 Å². The molecule has 2 bridgehead atoms. The van der Waals surface area contributed by atoms with Gasteiger partial charge in [0.05, 0.1) is 14.2 Å². The molecule has 0 saturated heterocycles. The van der Waals surface area contributed by atoms with E-state index in [0.717, 1.165) is 11.5 Å². The molecule has 3 heteroatoms. The van der Waals surface area contributed by atoms with Gasteiger partial charge in [-0.2, -0.15) is 0 Å². The molecule has 0 radical (unpaired) electrons. The standard InChI is InChI=1S/C17H23NO2/c1-18-10-9-17(8-4-5-13(18)12-17)15-11-14(19-2)6-7-16(15)20-3/h6-7,9-11,13H,4-5,8,12H2,1-3H3. The minimum absolute atomic E-state index is 0.106. The van der Waals surface area contributed by atoms with Gasteiger partial charge in [-0.3, -0.25) is 0 Å². The molecule has 3 rings (SSSR count). The largest absolute Gasteiger partial charge is 0.497 e. The van der Waals surface area contributed by atoms with E-state index in [0.29, 0.717) is 6.04 Å². The Morgan fingerprint density at radius 2 is 2.10 bits per heavy atom. The number of rotatable bonds is 3. The number of allylic oxidation sites excluding steroid dienone is 1. The highest BCUT2D eigenvalue weighted by Gasteiger charge is 2.41. The molecule has 20 heavy (non-hydrogen) atoms. The molecule has 1 aliphatic heterocycles. The summed E-state index contributed by atoms with van der Waals surface area (Å²) in [5.41, 5.74) is 1.38. The van der Waals surface area contributed by atoms with Gasteiger partial charge in [0, 0.05) is 24.1 Å². The Hall–Kier alpha value is -1.64. The average molecular weight is 273 g/mol. The first-order valence-corrected chi connectivity index (χ1v) is 7.32. The van der Waals surface area contributed by atoms with Crippen molar-refractivity contribution in [3.05, 3.63) is 36.0 Å². The van der Waals surface area contributed by atoms with Crippen LogP contribution in [0, 0.1) is 0 Å². The molecule has 0 spiro atoms. The van der Waals surface area contributed by atoms with Crippen LogP contribution in [-0.4, -0.2) is 32.2 Å². The predicted octanol–water partition coefficient (Wildman–Crippen LogP) is 3.34. The monoisotopic (exact) mass is 273 g/mol. The summed E-state index contributed by atoms with van der Waals surface area (Å²) in [6.07, 6.45) is 9.52. The summed E-state index contributed by atoms with van der Waals surface area (Å²) in [4.78, 5) is 2.35. The first-order valence-electron chi connectivity index (χ1n) is 7.32. The Balaban J connectivity index is 2.08. The molecule has 0 N–H and O–H groups in total. The van der Waals surface area contributed by atoms with Gasteiger partial charge in [-0.05, 0) is 43.7 Å². The zero-order chi connectivity index (χ0) is 14.2. The van der Waals surface area contributed by atoms with Crippen LogP contribution in [0.3, 0.4) is 0 Å². The average Bonchev–Trinajstić information content (AvgIpc) is 2.51. The Kier molecular flexibility index (Phi) is 3.36. The zero-order valence-corrected chi connectivity index (χ0v) is 12.6. The number of ether oxygens (including phenoxy) is 2. The minimum Gasteiger partial charge on any atom is -0.497 e. The molecule has 2 unspecified atom stereocenters. The number of hydrogen-bond acceptors (Lipinski definition) is 3. The van der Waals surface area contributed by atoms with E-state index >= 15 is 0 Å². The molecular formula is C17H23NO2. The molecule has 1 aliphatic carbocycles. The van der Waals surface area contributed by atoms with Crippen LogP contribution in [0.2, 0.25) is 0 Å². The number of benzene rings is 1. The SMILES string of the molecule is COc1ccc(OC)c(C23C=CN(C)C(CCC2)C3)c1. The fourth-order valence-corrected chi connectivity index (χ4v) is 3.70. The third-order valence-corrected chi connectivity index (χ3v) is 4.91. The van der Waals surface area contributed by atoms with Crippen molar-refractivity contribution in [2.45, 2.75) is 37.1 Å². The summed E-state index contributed by atoms with van der Waals surface area (Å²) in [6.45, 7) is 0. The van der Waals surface area contributed by atoms with Crippen LogP contribution in [0.25, 0.3) is 0 Å². The molecule has 1 aromatic rings. The second kappa shape index (κ2) is 5.04. The van der Waals surface area contributed by atoms with Crippen LogP contribution in [0.5, 0.6) is 11.5 Å². The van der Waals surface area contributed by atoms with Crippen molar-refractivity contribution < 1.29 is 9.47 Å². The fraction of sp³-hybridized carbons (Fsp3) is 0.529. The maximum Gasteiger partial charge on any atom is 0.123 e. The van der Waals surface area contributed by atoms with Gasteiger partial charge in [0.2, 0.25) is 0 Å². The van der Waals surface area contributed by atoms with Crippen LogP contribution in [0.1, 0.15) is 31.2 Å². The van der Waals surface area contributed by atoms with Crippen molar-refractivity contribution in [1.82, 2.24) is 4.90 Å². The van der Waals surface area contributed by atoms with Gasteiger partial charge in [-0.1, -0.05) is 12.5 Å². The predicted molar refractivity (Wildman–Crippen MR) is 80.4 cm³/mol. The van der Waals surface area contributed by atoms with Gasteiger partial charge < -0.3 is 14.4 Å². The second-order valence-electron chi connectivity index (χ2n) is 5.95. The first kappa shape index (κ1) is 13.3. The lowest BCUT2D eigenvalue weighted by Gasteiger charge is -2.46. The van der Waals surface area contributed by atoms with E-state index in [4.69, 9.17) is 9.47 Å². The van der Waals surface area contributed by atoms with Gasteiger partial charge in [0.15, 0.2) is 0 Å². The summed E-state index contributed by atoms with van der Waals surface area (Å²) >= 11 is 0. The number of nitrogens with zero attached hydrogens (tertiary/aromatic N) is 1. The Bertz CT molecular complexity index is 526. The third kappa shape index (κ3) is 2.05. The molecule has 1 aromatic carbocycles. The van der Waals surface area contributed by atoms with E-state index in [2.05, 4.69) is 30.3 Å². The first-order chi connectivity index (χ1) is 9.68. The number of hydrogen-bond donors (Lipinski definition) is 0. The van der Waals surface area contributed by atoms with Crippen molar-refractivity contribution in [3.8, 4) is 11.5 Å². The van der Waals surface area contributed by atoms with Crippen molar-refractivity contribution in [2.75, 3.05) is 21.3 Å². The maximum atomic E-state index is 5.61. The molecule has 1 fully saturated rings. The summed E-state index contributed by atoms with van der Waals surface area (Å²) in [5, 5.41) is 0. The summed E-state index contributed by atoms with van der Waals surface area (Å²) in [6, 6.07) is 6.79. The fourth-order valence-electron chi connectivity index (χ4n) is 3.70. The lowest BCUT2D eigenvalue weighted by Crippen LogP contribution is -2.44. The highest BCUT2D eigenvalue weighted by molar-refractivity contribution is 5.48. The quantitative estimate of drug-likeness (QED) is 0.843. The van der Waals surface area contributed by atoms with Gasteiger partial charge in [0.1, 0.15) is 11.5 Å². The van der Waals surface area contributed by atoms with Crippen LogP contribution < -0.4 is 9.47 Å². The maximum absolute atomic E-state index is 5.61. The smallest absolute Gasteiger partial charge is 0.123 e. The molecular weight excluding hydrogens is 250 g/mol. The number of fused-ring (bicyclic) bond motifs is 2. The van der Waals surface area contributed by atoms with Crippen LogP contribution >= 0.6 is 0 Å².